The van der Waals surface area contributed by atoms with Gasteiger partial charge in [-0.15, -0.1) is 0 Å². The lowest BCUT2D eigenvalue weighted by atomic mass is 10.0. The predicted molar refractivity (Wildman–Crippen MR) is 106 cm³/mol. The molecule has 0 amide bonds. The smallest absolute Gasteiger partial charge is 0.280 e. The van der Waals surface area contributed by atoms with E-state index in [-0.39, 0.29) is 27.2 Å². The number of amidine groups is 1. The molecule has 0 saturated carbocycles. The number of pyridine rings is 1. The molecule has 0 bridgehead atoms. The van der Waals surface area contributed by atoms with Gasteiger partial charge in [-0.3, -0.25) is 15.0 Å². The zero-order valence-electron chi connectivity index (χ0n) is 14.7. The molecule has 3 heterocycles. The van der Waals surface area contributed by atoms with Gasteiger partial charge in [0.1, 0.15) is 0 Å². The Morgan fingerprint density at radius 2 is 2.07 bits per heavy atom. The second-order valence-electron chi connectivity index (χ2n) is 6.09. The molecule has 142 valence electrons. The van der Waals surface area contributed by atoms with Crippen molar-refractivity contribution < 1.29 is 10.0 Å². The van der Waals surface area contributed by atoms with Crippen LogP contribution in [0.2, 0.25) is 0 Å². The summed E-state index contributed by atoms with van der Waals surface area (Å²) in [6.45, 7) is 1.79. The number of thioether (sulfide) groups is 1. The average molecular weight is 395 g/mol. The van der Waals surface area contributed by atoms with Crippen molar-refractivity contribution in [3.63, 3.8) is 0 Å². The van der Waals surface area contributed by atoms with Gasteiger partial charge in [0.25, 0.3) is 5.91 Å². The van der Waals surface area contributed by atoms with Crippen LogP contribution in [0.1, 0.15) is 32.4 Å². The van der Waals surface area contributed by atoms with E-state index in [4.69, 9.17) is 5.73 Å². The summed E-state index contributed by atoms with van der Waals surface area (Å²) in [5.74, 6) is 0.0118. The van der Waals surface area contributed by atoms with Gasteiger partial charge < -0.3 is 16.2 Å². The van der Waals surface area contributed by atoms with Crippen LogP contribution in [0.15, 0.2) is 53.8 Å². The number of fused-ring (bicyclic) bond motifs is 1. The van der Waals surface area contributed by atoms with E-state index in [2.05, 4.69) is 15.1 Å². The van der Waals surface area contributed by atoms with Crippen LogP contribution in [-0.4, -0.2) is 31.0 Å². The van der Waals surface area contributed by atoms with Gasteiger partial charge in [0, 0.05) is 23.5 Å². The van der Waals surface area contributed by atoms with Gasteiger partial charge in [0.2, 0.25) is 0 Å². The first-order chi connectivity index (χ1) is 13.5. The van der Waals surface area contributed by atoms with Crippen LogP contribution in [0, 0.1) is 12.1 Å². The minimum Gasteiger partial charge on any atom is -0.733 e. The van der Waals surface area contributed by atoms with E-state index in [1.54, 1.807) is 31.2 Å². The molecule has 1 aliphatic rings. The second kappa shape index (κ2) is 7.08. The van der Waals surface area contributed by atoms with Crippen molar-refractivity contribution in [3.8, 4) is 0 Å². The summed E-state index contributed by atoms with van der Waals surface area (Å²) in [5, 5.41) is 24.6. The third-order valence-electron chi connectivity index (χ3n) is 4.31. The van der Waals surface area contributed by atoms with E-state index >= 15 is 0 Å². The van der Waals surface area contributed by atoms with Gasteiger partial charge in [0.15, 0.2) is 11.0 Å². The minimum atomic E-state index is -0.344. The summed E-state index contributed by atoms with van der Waals surface area (Å²) in [6.07, 6.45) is 3.06. The molecule has 10 heteroatoms. The number of nitrogens with two attached hydrogens (primary N) is 1. The number of hydrogen-bond donors (Lipinski definition) is 2. The summed E-state index contributed by atoms with van der Waals surface area (Å²) in [7, 11) is 0. The molecule has 0 fully saturated rings. The number of nitrogens with zero attached hydrogens (tertiary/aromatic N) is 5. The SMILES string of the molecule is Cc1nn(C(=O)c2ccncc2)c2c1C(c1cccc(N([O-])O)c1)SC(N)=N2. The number of aliphatic imine (C=N–C) groups is 1. The molecule has 3 N–H and O–H groups in total. The Morgan fingerprint density at radius 3 is 2.79 bits per heavy atom. The van der Waals surface area contributed by atoms with E-state index < -0.39 is 0 Å². The monoisotopic (exact) mass is 395 g/mol. The second-order valence-corrected chi connectivity index (χ2v) is 7.22. The van der Waals surface area contributed by atoms with Crippen molar-refractivity contribution in [2.45, 2.75) is 12.2 Å². The fourth-order valence-electron chi connectivity index (χ4n) is 3.05. The van der Waals surface area contributed by atoms with Gasteiger partial charge in [0.05, 0.1) is 16.6 Å². The third kappa shape index (κ3) is 3.13. The van der Waals surface area contributed by atoms with E-state index in [0.717, 1.165) is 11.1 Å². The van der Waals surface area contributed by atoms with Crippen molar-refractivity contribution in [3.05, 3.63) is 76.4 Å². The average Bonchev–Trinajstić information content (AvgIpc) is 3.03. The summed E-state index contributed by atoms with van der Waals surface area (Å²) < 4.78 is 1.23. The van der Waals surface area contributed by atoms with E-state index in [1.807, 2.05) is 6.07 Å². The Hall–Kier alpha value is -3.21. The zero-order valence-corrected chi connectivity index (χ0v) is 15.5. The van der Waals surface area contributed by atoms with Crippen molar-refractivity contribution in [1.82, 2.24) is 14.8 Å². The highest BCUT2D eigenvalue weighted by Crippen LogP contribution is 2.46. The van der Waals surface area contributed by atoms with Gasteiger partial charge in [-0.2, -0.15) is 9.78 Å². The number of aryl methyl sites for hydroxylation is 1. The van der Waals surface area contributed by atoms with Crippen molar-refractivity contribution in [2.75, 3.05) is 5.23 Å². The van der Waals surface area contributed by atoms with E-state index in [0.29, 0.717) is 17.1 Å². The summed E-state index contributed by atoms with van der Waals surface area (Å²) in [6, 6.07) is 9.73. The maximum absolute atomic E-state index is 12.9. The molecule has 1 aliphatic heterocycles. The first-order valence-electron chi connectivity index (χ1n) is 8.27. The Balaban J connectivity index is 1.83. The zero-order chi connectivity index (χ0) is 19.8. The Kier molecular flexibility index (Phi) is 4.59. The van der Waals surface area contributed by atoms with Crippen molar-refractivity contribution in [2.24, 2.45) is 10.7 Å². The van der Waals surface area contributed by atoms with Gasteiger partial charge in [-0.05, 0) is 36.8 Å². The first kappa shape index (κ1) is 18.2. The number of hydrogen-bond acceptors (Lipinski definition) is 9. The van der Waals surface area contributed by atoms with Crippen LogP contribution in [0.5, 0.6) is 0 Å². The summed E-state index contributed by atoms with van der Waals surface area (Å²) in [5.41, 5.74) is 8.63. The fourth-order valence-corrected chi connectivity index (χ4v) is 4.11. The van der Waals surface area contributed by atoms with Crippen LogP contribution < -0.4 is 11.0 Å². The standard InChI is InChI=1S/C18H15N6O3S/c1-10-14-15(12-3-2-4-13(9-12)24(26)27)28-18(19)21-16(14)23(22-10)17(25)11-5-7-20-8-6-11/h2-9,15,26H,1H3,(H2,19,21)/q-1. The Morgan fingerprint density at radius 1 is 1.32 bits per heavy atom. The number of carbonyl (C=O) groups is 1. The van der Waals surface area contributed by atoms with Gasteiger partial charge in [-0.25, -0.2) is 4.99 Å². The number of rotatable bonds is 3. The predicted octanol–water partition coefficient (Wildman–Crippen LogP) is 2.75. The molecule has 2 aromatic heterocycles. The molecule has 1 unspecified atom stereocenters. The molecule has 1 atom stereocenters. The summed E-state index contributed by atoms with van der Waals surface area (Å²) in [4.78, 5) is 21.2. The van der Waals surface area contributed by atoms with Crippen LogP contribution >= 0.6 is 11.8 Å². The molecule has 9 nitrogen and oxygen atoms in total. The lowest BCUT2D eigenvalue weighted by Gasteiger charge is -2.25. The molecule has 3 aromatic rings. The first-order valence-corrected chi connectivity index (χ1v) is 9.15. The topological polar surface area (TPSA) is 133 Å². The Bertz CT molecular complexity index is 1080. The highest BCUT2D eigenvalue weighted by atomic mass is 32.2. The fraction of sp³-hybridized carbons (Fsp3) is 0.111. The normalized spacial score (nSPS) is 15.7. The van der Waals surface area contributed by atoms with Gasteiger partial charge >= 0.3 is 0 Å². The molecule has 1 aromatic carbocycles. The molecule has 0 saturated heterocycles. The quantitative estimate of drug-likeness (QED) is 0.647. The highest BCUT2D eigenvalue weighted by Gasteiger charge is 2.32. The van der Waals surface area contributed by atoms with Crippen LogP contribution in [0.25, 0.3) is 0 Å². The van der Waals surface area contributed by atoms with E-state index in [1.165, 1.54) is 34.9 Å². The summed E-state index contributed by atoms with van der Waals surface area (Å²) >= 11 is 1.29. The Labute approximate surface area is 164 Å². The van der Waals surface area contributed by atoms with Crippen LogP contribution in [0.4, 0.5) is 11.5 Å². The molecular weight excluding hydrogens is 380 g/mol. The number of benzene rings is 1. The number of anilines is 1. The molecule has 0 radical (unpaired) electrons. The van der Waals surface area contributed by atoms with Crippen molar-refractivity contribution in [1.29, 1.82) is 0 Å². The molecule has 28 heavy (non-hydrogen) atoms. The maximum atomic E-state index is 12.9. The largest absolute Gasteiger partial charge is 0.733 e. The molecule has 0 aliphatic carbocycles. The number of carbonyl (C=O) groups excluding carboxylic acids is 1. The maximum Gasteiger partial charge on any atom is 0.280 e. The number of aromatic nitrogens is 3. The van der Waals surface area contributed by atoms with Gasteiger partial charge in [-0.1, -0.05) is 23.9 Å². The molecule has 0 spiro atoms. The van der Waals surface area contributed by atoms with Crippen LogP contribution in [-0.2, 0) is 0 Å². The lowest BCUT2D eigenvalue weighted by molar-refractivity contribution is 0.0947. The minimum absolute atomic E-state index is 0.0960. The van der Waals surface area contributed by atoms with E-state index in [9.17, 15) is 15.2 Å². The highest BCUT2D eigenvalue weighted by molar-refractivity contribution is 8.14. The lowest BCUT2D eigenvalue weighted by Crippen LogP contribution is -2.18. The van der Waals surface area contributed by atoms with Crippen LogP contribution in [0.3, 0.4) is 0 Å². The molecular formula is C18H15N6O3S-. The third-order valence-corrected chi connectivity index (χ3v) is 5.39. The molecule has 4 rings (SSSR count). The van der Waals surface area contributed by atoms with Crippen molar-refractivity contribution >= 4 is 34.3 Å².